The Bertz CT molecular complexity index is 621. The Balaban J connectivity index is 2.75. The first kappa shape index (κ1) is 12.8. The number of nitrogens with zero attached hydrogens (tertiary/aromatic N) is 1. The Morgan fingerprint density at radius 1 is 1.22 bits per heavy atom. The maximum Gasteiger partial charge on any atom is 0.258 e. The minimum atomic E-state index is -0.0923. The lowest BCUT2D eigenvalue weighted by Crippen LogP contribution is -2.20. The highest BCUT2D eigenvalue weighted by atomic mass is 35.5. The Kier molecular flexibility index (Phi) is 3.77. The largest absolute Gasteiger partial charge is 0.497 e. The number of alkyl halides is 1. The first-order chi connectivity index (χ1) is 8.71. The van der Waals surface area contributed by atoms with Crippen LogP contribution in [-0.2, 0) is 6.54 Å². The van der Waals surface area contributed by atoms with Crippen LogP contribution in [0.1, 0.15) is 0 Å². The SMILES string of the molecule is COc1cc(OC)c2ccn(CCCl)c(=O)c2c1. The van der Waals surface area contributed by atoms with Crippen LogP contribution in [0.4, 0.5) is 0 Å². The highest BCUT2D eigenvalue weighted by Crippen LogP contribution is 2.28. The molecule has 4 nitrogen and oxygen atoms in total. The quantitative estimate of drug-likeness (QED) is 0.798. The third-order valence-corrected chi connectivity index (χ3v) is 2.98. The molecule has 2 aromatic rings. The predicted molar refractivity (Wildman–Crippen MR) is 72.0 cm³/mol. The van der Waals surface area contributed by atoms with E-state index in [1.54, 1.807) is 37.1 Å². The molecule has 0 amide bonds. The van der Waals surface area contributed by atoms with E-state index in [0.29, 0.717) is 29.3 Å². The van der Waals surface area contributed by atoms with Crippen molar-refractivity contribution in [2.45, 2.75) is 6.54 Å². The highest BCUT2D eigenvalue weighted by molar-refractivity contribution is 6.17. The molecule has 96 valence electrons. The first-order valence-electron chi connectivity index (χ1n) is 5.52. The number of rotatable bonds is 4. The summed E-state index contributed by atoms with van der Waals surface area (Å²) in [5.41, 5.74) is -0.0923. The molecule has 0 unspecified atom stereocenters. The van der Waals surface area contributed by atoms with Crippen molar-refractivity contribution in [3.05, 3.63) is 34.7 Å². The van der Waals surface area contributed by atoms with Gasteiger partial charge in [0.1, 0.15) is 11.5 Å². The van der Waals surface area contributed by atoms with Crippen LogP contribution in [0.2, 0.25) is 0 Å². The van der Waals surface area contributed by atoms with E-state index < -0.39 is 0 Å². The van der Waals surface area contributed by atoms with Crippen LogP contribution in [0.3, 0.4) is 0 Å². The zero-order valence-corrected chi connectivity index (χ0v) is 11.0. The Labute approximate surface area is 110 Å². The second kappa shape index (κ2) is 5.31. The summed E-state index contributed by atoms with van der Waals surface area (Å²) >= 11 is 5.67. The molecule has 0 aliphatic carbocycles. The Morgan fingerprint density at radius 3 is 2.61 bits per heavy atom. The monoisotopic (exact) mass is 267 g/mol. The van der Waals surface area contributed by atoms with E-state index in [-0.39, 0.29) is 5.56 Å². The van der Waals surface area contributed by atoms with Gasteiger partial charge in [0, 0.05) is 30.1 Å². The van der Waals surface area contributed by atoms with E-state index in [4.69, 9.17) is 21.1 Å². The maximum absolute atomic E-state index is 12.2. The van der Waals surface area contributed by atoms with Crippen molar-refractivity contribution in [3.63, 3.8) is 0 Å². The van der Waals surface area contributed by atoms with Crippen molar-refractivity contribution >= 4 is 22.4 Å². The smallest absolute Gasteiger partial charge is 0.258 e. The highest BCUT2D eigenvalue weighted by Gasteiger charge is 2.09. The summed E-state index contributed by atoms with van der Waals surface area (Å²) in [6.45, 7) is 0.482. The number of pyridine rings is 1. The van der Waals surface area contributed by atoms with Crippen LogP contribution in [0.5, 0.6) is 11.5 Å². The number of hydrogen-bond donors (Lipinski definition) is 0. The summed E-state index contributed by atoms with van der Waals surface area (Å²) in [5, 5.41) is 1.34. The van der Waals surface area contributed by atoms with Crippen molar-refractivity contribution in [1.29, 1.82) is 0 Å². The fraction of sp³-hybridized carbons (Fsp3) is 0.308. The van der Waals surface area contributed by atoms with Crippen LogP contribution < -0.4 is 15.0 Å². The number of halogens is 1. The molecule has 5 heteroatoms. The molecule has 2 rings (SSSR count). The van der Waals surface area contributed by atoms with Crippen LogP contribution in [0, 0.1) is 0 Å². The van der Waals surface area contributed by atoms with Gasteiger partial charge < -0.3 is 14.0 Å². The molecule has 1 aromatic carbocycles. The molecule has 0 spiro atoms. The molecular formula is C13H14ClNO3. The average molecular weight is 268 g/mol. The van der Waals surface area contributed by atoms with Crippen LogP contribution in [-0.4, -0.2) is 24.7 Å². The number of benzene rings is 1. The molecule has 0 aliphatic heterocycles. The summed E-state index contributed by atoms with van der Waals surface area (Å²) in [5.74, 6) is 1.62. The van der Waals surface area contributed by atoms with Gasteiger partial charge in [-0.2, -0.15) is 0 Å². The van der Waals surface area contributed by atoms with E-state index in [0.717, 1.165) is 5.39 Å². The number of hydrogen-bond acceptors (Lipinski definition) is 3. The predicted octanol–water partition coefficient (Wildman–Crippen LogP) is 2.26. The first-order valence-corrected chi connectivity index (χ1v) is 6.06. The topological polar surface area (TPSA) is 40.5 Å². The molecule has 1 heterocycles. The van der Waals surface area contributed by atoms with Gasteiger partial charge in [-0.05, 0) is 12.1 Å². The fourth-order valence-electron chi connectivity index (χ4n) is 1.89. The number of ether oxygens (including phenoxy) is 2. The molecule has 18 heavy (non-hydrogen) atoms. The summed E-state index contributed by atoms with van der Waals surface area (Å²) in [6, 6.07) is 5.32. The molecule has 0 radical (unpaired) electrons. The lowest BCUT2D eigenvalue weighted by Gasteiger charge is -2.10. The minimum Gasteiger partial charge on any atom is -0.497 e. The lowest BCUT2D eigenvalue weighted by atomic mass is 10.1. The van der Waals surface area contributed by atoms with E-state index in [1.165, 1.54) is 0 Å². The van der Waals surface area contributed by atoms with Crippen LogP contribution in [0.15, 0.2) is 29.2 Å². The second-order valence-electron chi connectivity index (χ2n) is 3.79. The molecule has 0 saturated heterocycles. The van der Waals surface area contributed by atoms with Gasteiger partial charge in [0.25, 0.3) is 5.56 Å². The van der Waals surface area contributed by atoms with Crippen LogP contribution >= 0.6 is 11.6 Å². The zero-order chi connectivity index (χ0) is 13.1. The fourth-order valence-corrected chi connectivity index (χ4v) is 2.07. The third-order valence-electron chi connectivity index (χ3n) is 2.81. The standard InChI is InChI=1S/C13H14ClNO3/c1-17-9-7-11-10(12(8-9)18-2)3-5-15(6-4-14)13(11)16/h3,5,7-8H,4,6H2,1-2H3. The maximum atomic E-state index is 12.2. The third kappa shape index (κ3) is 2.16. The van der Waals surface area contributed by atoms with E-state index in [2.05, 4.69) is 0 Å². The molecule has 0 atom stereocenters. The number of aryl methyl sites for hydroxylation is 1. The van der Waals surface area contributed by atoms with Gasteiger partial charge in [0.2, 0.25) is 0 Å². The zero-order valence-electron chi connectivity index (χ0n) is 10.3. The molecular weight excluding hydrogens is 254 g/mol. The molecule has 0 aliphatic rings. The van der Waals surface area contributed by atoms with Gasteiger partial charge in [-0.1, -0.05) is 0 Å². The average Bonchev–Trinajstić information content (AvgIpc) is 2.41. The van der Waals surface area contributed by atoms with E-state index in [1.807, 2.05) is 6.07 Å². The van der Waals surface area contributed by atoms with Crippen molar-refractivity contribution in [2.24, 2.45) is 0 Å². The van der Waals surface area contributed by atoms with E-state index in [9.17, 15) is 4.79 Å². The van der Waals surface area contributed by atoms with Crippen molar-refractivity contribution in [1.82, 2.24) is 4.57 Å². The van der Waals surface area contributed by atoms with Gasteiger partial charge in [-0.3, -0.25) is 4.79 Å². The van der Waals surface area contributed by atoms with Gasteiger partial charge in [0.15, 0.2) is 0 Å². The number of fused-ring (bicyclic) bond motifs is 1. The second-order valence-corrected chi connectivity index (χ2v) is 4.17. The number of methoxy groups -OCH3 is 2. The molecule has 0 saturated carbocycles. The van der Waals surface area contributed by atoms with Gasteiger partial charge >= 0.3 is 0 Å². The lowest BCUT2D eigenvalue weighted by molar-refractivity contribution is 0.398. The molecule has 1 aromatic heterocycles. The summed E-state index contributed by atoms with van der Waals surface area (Å²) in [4.78, 5) is 12.2. The number of aromatic nitrogens is 1. The Hall–Kier alpha value is -1.68. The van der Waals surface area contributed by atoms with Gasteiger partial charge in [0.05, 0.1) is 19.6 Å². The van der Waals surface area contributed by atoms with Crippen LogP contribution in [0.25, 0.3) is 10.8 Å². The van der Waals surface area contributed by atoms with Gasteiger partial charge in [-0.25, -0.2) is 0 Å². The summed E-state index contributed by atoms with van der Waals surface area (Å²) in [7, 11) is 3.12. The Morgan fingerprint density at radius 2 is 2.00 bits per heavy atom. The van der Waals surface area contributed by atoms with Crippen molar-refractivity contribution in [3.8, 4) is 11.5 Å². The van der Waals surface area contributed by atoms with Crippen molar-refractivity contribution < 1.29 is 9.47 Å². The molecule has 0 fully saturated rings. The summed E-state index contributed by atoms with van der Waals surface area (Å²) in [6.07, 6.45) is 1.72. The van der Waals surface area contributed by atoms with E-state index >= 15 is 0 Å². The molecule has 0 N–H and O–H groups in total. The minimum absolute atomic E-state index is 0.0923. The van der Waals surface area contributed by atoms with Gasteiger partial charge in [-0.15, -0.1) is 11.6 Å². The van der Waals surface area contributed by atoms with Crippen molar-refractivity contribution in [2.75, 3.05) is 20.1 Å². The normalized spacial score (nSPS) is 10.6. The summed E-state index contributed by atoms with van der Waals surface area (Å²) < 4.78 is 12.0. The molecule has 0 bridgehead atoms.